The van der Waals surface area contributed by atoms with E-state index >= 15 is 0 Å². The topological polar surface area (TPSA) is 74.2 Å². The van der Waals surface area contributed by atoms with E-state index in [1.165, 1.54) is 17.8 Å². The van der Waals surface area contributed by atoms with Gasteiger partial charge in [-0.05, 0) is 12.1 Å². The number of aromatic nitrogens is 3. The zero-order valence-electron chi connectivity index (χ0n) is 15.5. The Morgan fingerprint density at radius 2 is 1.83 bits per heavy atom. The van der Waals surface area contributed by atoms with Gasteiger partial charge < -0.3 is 10.1 Å². The number of halogens is 4. The summed E-state index contributed by atoms with van der Waals surface area (Å²) in [7, 11) is 1.53. The molecule has 29 heavy (non-hydrogen) atoms. The van der Waals surface area contributed by atoms with Crippen LogP contribution in [0.15, 0.2) is 23.0 Å². The largest absolute Gasteiger partial charge is 0.503 e. The number of piperidine rings is 1. The van der Waals surface area contributed by atoms with Crippen LogP contribution in [0.3, 0.4) is 0 Å². The molecule has 1 aromatic carbocycles. The van der Waals surface area contributed by atoms with Gasteiger partial charge in [0.25, 0.3) is 5.92 Å². The number of hydrogen-bond acceptors (Lipinski definition) is 4. The molecule has 6 nitrogen and oxygen atoms in total. The Kier molecular flexibility index (Phi) is 4.60. The second-order valence-electron chi connectivity index (χ2n) is 7.20. The normalized spacial score (nSPS) is 17.1. The van der Waals surface area contributed by atoms with Crippen LogP contribution in [0.1, 0.15) is 18.5 Å². The molecule has 0 unspecified atom stereocenters. The highest BCUT2D eigenvalue weighted by Gasteiger charge is 2.34. The van der Waals surface area contributed by atoms with Crippen LogP contribution < -0.4 is 5.43 Å². The number of H-pyrrole nitrogens is 1. The number of benzene rings is 1. The molecule has 0 amide bonds. The number of pyridine rings is 1. The van der Waals surface area contributed by atoms with Gasteiger partial charge in [-0.15, -0.1) is 0 Å². The predicted octanol–water partition coefficient (Wildman–Crippen LogP) is 3.14. The van der Waals surface area contributed by atoms with Crippen molar-refractivity contribution in [3.05, 3.63) is 45.8 Å². The summed E-state index contributed by atoms with van der Waals surface area (Å²) in [5.74, 6) is -5.41. The maximum Gasteiger partial charge on any atom is 0.250 e. The minimum atomic E-state index is -2.70. The van der Waals surface area contributed by atoms with Gasteiger partial charge >= 0.3 is 0 Å². The van der Waals surface area contributed by atoms with Crippen molar-refractivity contribution >= 4 is 11.0 Å². The number of aromatic hydroxyl groups is 1. The van der Waals surface area contributed by atoms with E-state index in [9.17, 15) is 27.5 Å². The first-order valence-electron chi connectivity index (χ1n) is 9.03. The summed E-state index contributed by atoms with van der Waals surface area (Å²) in [6.45, 7) is 0.435. The number of alkyl halides is 2. The van der Waals surface area contributed by atoms with Gasteiger partial charge in [-0.3, -0.25) is 14.4 Å². The smallest absolute Gasteiger partial charge is 0.250 e. The van der Waals surface area contributed by atoms with Gasteiger partial charge in [0.2, 0.25) is 5.43 Å². The Morgan fingerprint density at radius 3 is 2.45 bits per heavy atom. The van der Waals surface area contributed by atoms with Crippen molar-refractivity contribution < 1.29 is 22.7 Å². The average Bonchev–Trinajstić information content (AvgIpc) is 2.96. The minimum absolute atomic E-state index is 0.0582. The van der Waals surface area contributed by atoms with Crippen LogP contribution in [0, 0.1) is 11.6 Å². The number of aryl methyl sites for hydroxylation is 1. The van der Waals surface area contributed by atoms with Gasteiger partial charge in [-0.2, -0.15) is 5.10 Å². The monoisotopic (exact) mass is 410 g/mol. The average molecular weight is 410 g/mol. The van der Waals surface area contributed by atoms with Crippen molar-refractivity contribution in [3.8, 4) is 17.0 Å². The Labute approximate surface area is 162 Å². The Balaban J connectivity index is 1.79. The van der Waals surface area contributed by atoms with Crippen LogP contribution >= 0.6 is 0 Å². The molecule has 3 heterocycles. The number of hydrogen-bond donors (Lipinski definition) is 2. The third kappa shape index (κ3) is 3.37. The molecule has 154 valence electrons. The van der Waals surface area contributed by atoms with Crippen molar-refractivity contribution in [1.82, 2.24) is 19.7 Å². The van der Waals surface area contributed by atoms with Gasteiger partial charge in [0.05, 0.1) is 22.3 Å². The first kappa shape index (κ1) is 19.4. The summed E-state index contributed by atoms with van der Waals surface area (Å²) in [5, 5.41) is 14.7. The van der Waals surface area contributed by atoms with Crippen molar-refractivity contribution in [1.29, 1.82) is 0 Å². The van der Waals surface area contributed by atoms with Crippen LogP contribution in [0.4, 0.5) is 17.6 Å². The molecule has 0 bridgehead atoms. The summed E-state index contributed by atoms with van der Waals surface area (Å²) < 4.78 is 56.4. The van der Waals surface area contributed by atoms with E-state index in [-0.39, 0.29) is 49.2 Å². The van der Waals surface area contributed by atoms with Crippen LogP contribution in [0.2, 0.25) is 0 Å². The minimum Gasteiger partial charge on any atom is -0.503 e. The molecule has 1 aliphatic heterocycles. The molecule has 1 saturated heterocycles. The Morgan fingerprint density at radius 1 is 1.21 bits per heavy atom. The van der Waals surface area contributed by atoms with Crippen LogP contribution in [-0.4, -0.2) is 43.8 Å². The number of likely N-dealkylation sites (tertiary alicyclic amines) is 1. The fourth-order valence-corrected chi connectivity index (χ4v) is 3.65. The van der Waals surface area contributed by atoms with E-state index in [2.05, 4.69) is 10.1 Å². The summed E-state index contributed by atoms with van der Waals surface area (Å²) in [6.07, 6.45) is -0.563. The second-order valence-corrected chi connectivity index (χ2v) is 7.20. The molecule has 2 N–H and O–H groups in total. The molecule has 0 aliphatic carbocycles. The van der Waals surface area contributed by atoms with Gasteiger partial charge in [0, 0.05) is 39.5 Å². The second kappa shape index (κ2) is 6.87. The van der Waals surface area contributed by atoms with Gasteiger partial charge in [0.1, 0.15) is 17.3 Å². The van der Waals surface area contributed by atoms with E-state index in [0.29, 0.717) is 5.69 Å². The van der Waals surface area contributed by atoms with Crippen molar-refractivity contribution in [3.63, 3.8) is 0 Å². The molecule has 0 radical (unpaired) electrons. The quantitative estimate of drug-likeness (QED) is 0.651. The molecule has 0 spiro atoms. The zero-order valence-corrected chi connectivity index (χ0v) is 15.5. The van der Waals surface area contributed by atoms with Crippen molar-refractivity contribution in [2.75, 3.05) is 13.1 Å². The fraction of sp³-hybridized carbons (Fsp3) is 0.368. The lowest BCUT2D eigenvalue weighted by atomic mass is 10.1. The lowest BCUT2D eigenvalue weighted by Crippen LogP contribution is -2.39. The molecular formula is C19H18F4N4O2. The van der Waals surface area contributed by atoms with Gasteiger partial charge in [-0.1, -0.05) is 6.07 Å². The maximum atomic E-state index is 14.2. The van der Waals surface area contributed by atoms with Crippen LogP contribution in [0.25, 0.3) is 22.3 Å². The SMILES string of the molecule is Cn1nc(CN2CCC(F)(F)CC2)c2c(=O)c(O)c(-c3c(F)cccc3F)[nH]c21. The first-order chi connectivity index (χ1) is 13.7. The standard InChI is InChI=1S/C19H18F4N4O2/c1-26-18-14(12(25-26)9-27-7-5-19(22,23)6-8-27)16(28)17(29)15(24-18)13-10(20)3-2-4-11(13)21/h2-4,29H,5-9H2,1H3,(H,24,28). The number of rotatable bonds is 3. The molecule has 0 atom stereocenters. The van der Waals surface area contributed by atoms with E-state index < -0.39 is 34.3 Å². The molecule has 1 fully saturated rings. The van der Waals surface area contributed by atoms with Crippen LogP contribution in [-0.2, 0) is 13.6 Å². The predicted molar refractivity (Wildman–Crippen MR) is 97.8 cm³/mol. The number of aromatic amines is 1. The molecule has 4 rings (SSSR count). The first-order valence-corrected chi connectivity index (χ1v) is 9.03. The van der Waals surface area contributed by atoms with Gasteiger partial charge in [-0.25, -0.2) is 17.6 Å². The van der Waals surface area contributed by atoms with Crippen molar-refractivity contribution in [2.24, 2.45) is 7.05 Å². The molecule has 10 heteroatoms. The Bertz CT molecular complexity index is 1130. The van der Waals surface area contributed by atoms with Crippen molar-refractivity contribution in [2.45, 2.75) is 25.3 Å². The lowest BCUT2D eigenvalue weighted by Gasteiger charge is -2.31. The molecule has 1 aliphatic rings. The number of fused-ring (bicyclic) bond motifs is 1. The Hall–Kier alpha value is -2.88. The molecule has 3 aromatic rings. The third-order valence-electron chi connectivity index (χ3n) is 5.22. The maximum absolute atomic E-state index is 14.2. The highest BCUT2D eigenvalue weighted by molar-refractivity contribution is 5.84. The molecule has 2 aromatic heterocycles. The summed E-state index contributed by atoms with van der Waals surface area (Å²) in [4.78, 5) is 17.3. The summed E-state index contributed by atoms with van der Waals surface area (Å²) in [6, 6.07) is 3.20. The number of nitrogens with one attached hydrogen (secondary N) is 1. The zero-order chi connectivity index (χ0) is 20.9. The number of nitrogens with zero attached hydrogens (tertiary/aromatic N) is 3. The van der Waals surface area contributed by atoms with E-state index in [0.717, 1.165) is 12.1 Å². The highest BCUT2D eigenvalue weighted by atomic mass is 19.3. The van der Waals surface area contributed by atoms with E-state index in [1.807, 2.05) is 0 Å². The van der Waals surface area contributed by atoms with E-state index in [4.69, 9.17) is 0 Å². The van der Waals surface area contributed by atoms with E-state index in [1.54, 1.807) is 4.90 Å². The fourth-order valence-electron chi connectivity index (χ4n) is 3.65. The molecular weight excluding hydrogens is 392 g/mol. The highest BCUT2D eigenvalue weighted by Crippen LogP contribution is 2.32. The lowest BCUT2D eigenvalue weighted by molar-refractivity contribution is -0.0568. The summed E-state index contributed by atoms with van der Waals surface area (Å²) in [5.41, 5.74) is -1.30. The van der Waals surface area contributed by atoms with Gasteiger partial charge in [0.15, 0.2) is 5.75 Å². The summed E-state index contributed by atoms with van der Waals surface area (Å²) >= 11 is 0. The van der Waals surface area contributed by atoms with Crippen LogP contribution in [0.5, 0.6) is 5.75 Å². The molecule has 0 saturated carbocycles. The third-order valence-corrected chi connectivity index (χ3v) is 5.22.